The van der Waals surface area contributed by atoms with Crippen LogP contribution in [0.1, 0.15) is 38.4 Å². The summed E-state index contributed by atoms with van der Waals surface area (Å²) < 4.78 is 1.82. The Balaban J connectivity index is 1.87. The van der Waals surface area contributed by atoms with Crippen molar-refractivity contribution < 1.29 is 4.79 Å². The fourth-order valence-corrected chi connectivity index (χ4v) is 2.81. The Labute approximate surface area is 126 Å². The SMILES string of the molecule is CCCC[C@@H]1C(=O)N(C)CCN1CCCn1nnnc1C. The number of tetrazole rings is 1. The molecule has 1 aromatic rings. The number of aryl methyl sites for hydroxylation is 2. The first-order valence-electron chi connectivity index (χ1n) is 7.85. The van der Waals surface area contributed by atoms with Crippen LogP contribution in [0.4, 0.5) is 0 Å². The van der Waals surface area contributed by atoms with Gasteiger partial charge in [0, 0.05) is 33.2 Å². The van der Waals surface area contributed by atoms with Crippen molar-refractivity contribution in [3.05, 3.63) is 5.82 Å². The minimum Gasteiger partial charge on any atom is -0.343 e. The fourth-order valence-electron chi connectivity index (χ4n) is 2.81. The quantitative estimate of drug-likeness (QED) is 0.741. The van der Waals surface area contributed by atoms with Crippen LogP contribution in [-0.4, -0.2) is 68.6 Å². The molecular formula is C14H26N6O. The van der Waals surface area contributed by atoms with Crippen molar-refractivity contribution in [1.82, 2.24) is 30.0 Å². The molecule has 0 aliphatic carbocycles. The lowest BCUT2D eigenvalue weighted by atomic mass is 10.0. The van der Waals surface area contributed by atoms with Crippen LogP contribution in [0.2, 0.25) is 0 Å². The number of likely N-dealkylation sites (N-methyl/N-ethyl adjacent to an activating group) is 1. The Kier molecular flexibility index (Phi) is 5.67. The molecule has 118 valence electrons. The molecule has 0 unspecified atom stereocenters. The standard InChI is InChI=1S/C14H26N6O/c1-4-5-7-13-14(21)18(3)10-11-19(13)8-6-9-20-12(2)15-16-17-20/h13H,4-11H2,1-3H3/t13-/m1/s1. The Morgan fingerprint density at radius 1 is 1.24 bits per heavy atom. The minimum atomic E-state index is 0.0543. The van der Waals surface area contributed by atoms with E-state index >= 15 is 0 Å². The highest BCUT2D eigenvalue weighted by Crippen LogP contribution is 2.16. The normalized spacial score (nSPS) is 20.2. The van der Waals surface area contributed by atoms with Crippen LogP contribution < -0.4 is 0 Å². The van der Waals surface area contributed by atoms with Crippen molar-refractivity contribution in [2.24, 2.45) is 0 Å². The summed E-state index contributed by atoms with van der Waals surface area (Å²) in [6, 6.07) is 0.0543. The average Bonchev–Trinajstić information content (AvgIpc) is 2.88. The van der Waals surface area contributed by atoms with E-state index in [0.29, 0.717) is 0 Å². The monoisotopic (exact) mass is 294 g/mol. The zero-order chi connectivity index (χ0) is 15.2. The topological polar surface area (TPSA) is 67.2 Å². The Morgan fingerprint density at radius 2 is 2.05 bits per heavy atom. The largest absolute Gasteiger partial charge is 0.343 e. The third kappa shape index (κ3) is 4.00. The molecule has 1 amide bonds. The molecule has 1 fully saturated rings. The number of hydrogen-bond donors (Lipinski definition) is 0. The molecule has 1 aromatic heterocycles. The van der Waals surface area contributed by atoms with E-state index in [-0.39, 0.29) is 11.9 Å². The lowest BCUT2D eigenvalue weighted by Crippen LogP contribution is -2.55. The van der Waals surface area contributed by atoms with E-state index in [1.165, 1.54) is 0 Å². The van der Waals surface area contributed by atoms with Gasteiger partial charge in [-0.2, -0.15) is 0 Å². The summed E-state index contributed by atoms with van der Waals surface area (Å²) in [6.45, 7) is 7.59. The second-order valence-electron chi connectivity index (χ2n) is 5.76. The number of amides is 1. The molecule has 0 N–H and O–H groups in total. The van der Waals surface area contributed by atoms with Gasteiger partial charge < -0.3 is 4.90 Å². The fraction of sp³-hybridized carbons (Fsp3) is 0.857. The zero-order valence-corrected chi connectivity index (χ0v) is 13.3. The van der Waals surface area contributed by atoms with Crippen LogP contribution in [0, 0.1) is 6.92 Å². The first kappa shape index (κ1) is 15.9. The number of carbonyl (C=O) groups is 1. The highest BCUT2D eigenvalue weighted by molar-refractivity contribution is 5.82. The van der Waals surface area contributed by atoms with Crippen LogP contribution in [0.3, 0.4) is 0 Å². The highest BCUT2D eigenvalue weighted by atomic mass is 16.2. The average molecular weight is 294 g/mol. The summed E-state index contributed by atoms with van der Waals surface area (Å²) in [4.78, 5) is 16.5. The second-order valence-corrected chi connectivity index (χ2v) is 5.76. The van der Waals surface area contributed by atoms with Crippen LogP contribution in [0.15, 0.2) is 0 Å². The molecule has 1 aliphatic heterocycles. The molecule has 21 heavy (non-hydrogen) atoms. The predicted molar refractivity (Wildman–Crippen MR) is 79.7 cm³/mol. The number of unbranched alkanes of at least 4 members (excludes halogenated alkanes) is 1. The summed E-state index contributed by atoms with van der Waals surface area (Å²) in [7, 11) is 1.91. The van der Waals surface area contributed by atoms with E-state index in [0.717, 1.165) is 57.7 Å². The van der Waals surface area contributed by atoms with Gasteiger partial charge in [0.15, 0.2) is 0 Å². The number of carbonyl (C=O) groups excluding carboxylic acids is 1. The van der Waals surface area contributed by atoms with Crippen LogP contribution in [-0.2, 0) is 11.3 Å². The molecule has 2 rings (SSSR count). The molecule has 2 heterocycles. The first-order valence-corrected chi connectivity index (χ1v) is 7.85. The van der Waals surface area contributed by atoms with E-state index < -0.39 is 0 Å². The van der Waals surface area contributed by atoms with Crippen molar-refractivity contribution in [3.8, 4) is 0 Å². The van der Waals surface area contributed by atoms with Crippen molar-refractivity contribution in [3.63, 3.8) is 0 Å². The van der Waals surface area contributed by atoms with Gasteiger partial charge in [-0.3, -0.25) is 9.69 Å². The van der Waals surface area contributed by atoms with E-state index in [2.05, 4.69) is 27.3 Å². The third-order valence-electron chi connectivity index (χ3n) is 4.18. The molecular weight excluding hydrogens is 268 g/mol. The van der Waals surface area contributed by atoms with Gasteiger partial charge in [-0.05, 0) is 30.2 Å². The van der Waals surface area contributed by atoms with Gasteiger partial charge in [-0.1, -0.05) is 19.8 Å². The Bertz CT molecular complexity index is 460. The van der Waals surface area contributed by atoms with Gasteiger partial charge in [0.2, 0.25) is 5.91 Å². The predicted octanol–water partition coefficient (Wildman–Crippen LogP) is 0.704. The molecule has 0 saturated carbocycles. The van der Waals surface area contributed by atoms with Crippen LogP contribution in [0.5, 0.6) is 0 Å². The third-order valence-corrected chi connectivity index (χ3v) is 4.18. The maximum Gasteiger partial charge on any atom is 0.239 e. The number of nitrogens with zero attached hydrogens (tertiary/aromatic N) is 6. The molecule has 0 radical (unpaired) electrons. The van der Waals surface area contributed by atoms with Gasteiger partial charge in [0.1, 0.15) is 5.82 Å². The molecule has 0 spiro atoms. The zero-order valence-electron chi connectivity index (χ0n) is 13.3. The van der Waals surface area contributed by atoms with Crippen LogP contribution >= 0.6 is 0 Å². The van der Waals surface area contributed by atoms with Crippen molar-refractivity contribution in [2.75, 3.05) is 26.7 Å². The van der Waals surface area contributed by atoms with Gasteiger partial charge >= 0.3 is 0 Å². The Hall–Kier alpha value is -1.50. The number of aromatic nitrogens is 4. The summed E-state index contributed by atoms with van der Waals surface area (Å²) in [5, 5.41) is 11.5. The highest BCUT2D eigenvalue weighted by Gasteiger charge is 2.31. The summed E-state index contributed by atoms with van der Waals surface area (Å²) in [5.41, 5.74) is 0. The van der Waals surface area contributed by atoms with Crippen molar-refractivity contribution in [2.45, 2.75) is 52.1 Å². The van der Waals surface area contributed by atoms with Crippen LogP contribution in [0.25, 0.3) is 0 Å². The molecule has 7 nitrogen and oxygen atoms in total. The number of piperazine rings is 1. The van der Waals surface area contributed by atoms with E-state index in [4.69, 9.17) is 0 Å². The maximum absolute atomic E-state index is 12.3. The maximum atomic E-state index is 12.3. The molecule has 7 heteroatoms. The number of hydrogen-bond acceptors (Lipinski definition) is 5. The molecule has 0 bridgehead atoms. The lowest BCUT2D eigenvalue weighted by molar-refractivity contribution is -0.140. The van der Waals surface area contributed by atoms with E-state index in [1.807, 2.05) is 23.6 Å². The summed E-state index contributed by atoms with van der Waals surface area (Å²) >= 11 is 0. The van der Waals surface area contributed by atoms with E-state index in [1.54, 1.807) is 0 Å². The second kappa shape index (κ2) is 7.49. The van der Waals surface area contributed by atoms with Crippen molar-refractivity contribution >= 4 is 5.91 Å². The molecule has 1 saturated heterocycles. The van der Waals surface area contributed by atoms with E-state index in [9.17, 15) is 4.79 Å². The molecule has 0 aromatic carbocycles. The first-order chi connectivity index (χ1) is 10.1. The summed E-state index contributed by atoms with van der Waals surface area (Å²) in [6.07, 6.45) is 4.16. The van der Waals surface area contributed by atoms with Gasteiger partial charge in [-0.15, -0.1) is 5.10 Å². The molecule has 1 atom stereocenters. The minimum absolute atomic E-state index is 0.0543. The Morgan fingerprint density at radius 3 is 2.71 bits per heavy atom. The van der Waals surface area contributed by atoms with Gasteiger partial charge in [0.25, 0.3) is 0 Å². The number of rotatable bonds is 7. The van der Waals surface area contributed by atoms with Gasteiger partial charge in [-0.25, -0.2) is 4.68 Å². The molecule has 1 aliphatic rings. The van der Waals surface area contributed by atoms with Crippen molar-refractivity contribution in [1.29, 1.82) is 0 Å². The summed E-state index contributed by atoms with van der Waals surface area (Å²) in [5.74, 6) is 1.11. The smallest absolute Gasteiger partial charge is 0.239 e. The lowest BCUT2D eigenvalue weighted by Gasteiger charge is -2.39. The van der Waals surface area contributed by atoms with Gasteiger partial charge in [0.05, 0.1) is 6.04 Å².